The van der Waals surface area contributed by atoms with Gasteiger partial charge in [-0.2, -0.15) is 9.40 Å². The molecular formula is C23H27N5O4S. The maximum Gasteiger partial charge on any atom is 0.255 e. The molecule has 1 aliphatic rings. The van der Waals surface area contributed by atoms with Crippen LogP contribution in [-0.2, 0) is 14.8 Å². The highest BCUT2D eigenvalue weighted by Gasteiger charge is 2.30. The SMILES string of the molecule is CNC(=O)c1c(C)nn2ccc(C3CCN(S(=O)(=O)c4ccc(NC(C)=O)cc4)CC3)cc12. The minimum absolute atomic E-state index is 0.176. The Kier molecular flexibility index (Phi) is 6.22. The predicted molar refractivity (Wildman–Crippen MR) is 125 cm³/mol. The van der Waals surface area contributed by atoms with Crippen LogP contribution in [0.25, 0.3) is 5.52 Å². The van der Waals surface area contributed by atoms with E-state index < -0.39 is 10.0 Å². The molecule has 10 heteroatoms. The number of pyridine rings is 1. The molecule has 0 bridgehead atoms. The third kappa shape index (κ3) is 4.49. The molecule has 1 aromatic carbocycles. The fourth-order valence-corrected chi connectivity index (χ4v) is 5.80. The molecule has 1 saturated heterocycles. The van der Waals surface area contributed by atoms with Crippen molar-refractivity contribution in [3.8, 4) is 0 Å². The topological polar surface area (TPSA) is 113 Å². The van der Waals surface area contributed by atoms with E-state index >= 15 is 0 Å². The van der Waals surface area contributed by atoms with Crippen molar-refractivity contribution < 1.29 is 18.0 Å². The number of hydrogen-bond acceptors (Lipinski definition) is 5. The molecule has 1 aliphatic heterocycles. The van der Waals surface area contributed by atoms with Gasteiger partial charge in [-0.15, -0.1) is 0 Å². The number of aromatic nitrogens is 2. The lowest BCUT2D eigenvalue weighted by molar-refractivity contribution is -0.114. The molecular weight excluding hydrogens is 442 g/mol. The molecule has 33 heavy (non-hydrogen) atoms. The zero-order valence-electron chi connectivity index (χ0n) is 18.8. The van der Waals surface area contributed by atoms with Gasteiger partial charge in [0.15, 0.2) is 0 Å². The van der Waals surface area contributed by atoms with Crippen molar-refractivity contribution in [1.29, 1.82) is 0 Å². The molecule has 3 heterocycles. The summed E-state index contributed by atoms with van der Waals surface area (Å²) in [5.74, 6) is -0.194. The highest BCUT2D eigenvalue weighted by molar-refractivity contribution is 7.89. The van der Waals surface area contributed by atoms with E-state index in [-0.39, 0.29) is 22.6 Å². The van der Waals surface area contributed by atoms with Gasteiger partial charge in [-0.1, -0.05) is 0 Å². The summed E-state index contributed by atoms with van der Waals surface area (Å²) in [6.07, 6.45) is 3.22. The van der Waals surface area contributed by atoms with Gasteiger partial charge < -0.3 is 10.6 Å². The Morgan fingerprint density at radius 1 is 1.09 bits per heavy atom. The van der Waals surface area contributed by atoms with Crippen molar-refractivity contribution in [1.82, 2.24) is 19.2 Å². The summed E-state index contributed by atoms with van der Waals surface area (Å²) >= 11 is 0. The zero-order valence-corrected chi connectivity index (χ0v) is 19.6. The van der Waals surface area contributed by atoms with Gasteiger partial charge in [-0.25, -0.2) is 12.9 Å². The number of hydrogen-bond donors (Lipinski definition) is 2. The maximum absolute atomic E-state index is 13.1. The number of carbonyl (C=O) groups excluding carboxylic acids is 2. The standard InChI is InChI=1S/C23H27N5O4S/c1-15-22(23(30)24-3)21-14-18(10-13-28(21)26-15)17-8-11-27(12-9-17)33(31,32)20-6-4-19(5-7-20)25-16(2)29/h4-7,10,13-14,17H,8-9,11-12H2,1-3H3,(H,24,30)(H,25,29). The number of rotatable bonds is 5. The molecule has 0 spiro atoms. The summed E-state index contributed by atoms with van der Waals surface area (Å²) < 4.78 is 29.4. The van der Waals surface area contributed by atoms with Gasteiger partial charge >= 0.3 is 0 Å². The average molecular weight is 470 g/mol. The smallest absolute Gasteiger partial charge is 0.255 e. The lowest BCUT2D eigenvalue weighted by atomic mass is 9.90. The highest BCUT2D eigenvalue weighted by Crippen LogP contribution is 2.32. The van der Waals surface area contributed by atoms with Gasteiger partial charge in [-0.05, 0) is 67.6 Å². The van der Waals surface area contributed by atoms with E-state index in [4.69, 9.17) is 0 Å². The zero-order chi connectivity index (χ0) is 23.8. The largest absolute Gasteiger partial charge is 0.355 e. The van der Waals surface area contributed by atoms with E-state index in [0.29, 0.717) is 42.9 Å². The van der Waals surface area contributed by atoms with Crippen LogP contribution in [0.1, 0.15) is 47.3 Å². The lowest BCUT2D eigenvalue weighted by Gasteiger charge is -2.31. The van der Waals surface area contributed by atoms with Crippen molar-refractivity contribution in [2.75, 3.05) is 25.5 Å². The Morgan fingerprint density at radius 2 is 1.76 bits per heavy atom. The number of benzene rings is 1. The molecule has 0 saturated carbocycles. The Labute approximate surface area is 192 Å². The molecule has 0 radical (unpaired) electrons. The number of amides is 2. The van der Waals surface area contributed by atoms with E-state index in [9.17, 15) is 18.0 Å². The van der Waals surface area contributed by atoms with Gasteiger partial charge in [0.05, 0.1) is 21.7 Å². The predicted octanol–water partition coefficient (Wildman–Crippen LogP) is 2.53. The van der Waals surface area contributed by atoms with Crippen LogP contribution in [0.15, 0.2) is 47.5 Å². The molecule has 3 aromatic rings. The van der Waals surface area contributed by atoms with Gasteiger partial charge in [-0.3, -0.25) is 9.59 Å². The van der Waals surface area contributed by atoms with Crippen molar-refractivity contribution in [3.63, 3.8) is 0 Å². The Balaban J connectivity index is 1.50. The van der Waals surface area contributed by atoms with Crippen molar-refractivity contribution in [3.05, 3.63) is 59.4 Å². The fourth-order valence-electron chi connectivity index (χ4n) is 4.33. The number of nitrogens with one attached hydrogen (secondary N) is 2. The molecule has 9 nitrogen and oxygen atoms in total. The van der Waals surface area contributed by atoms with E-state index in [1.807, 2.05) is 25.3 Å². The molecule has 174 valence electrons. The number of aryl methyl sites for hydroxylation is 1. The van der Waals surface area contributed by atoms with E-state index in [1.165, 1.54) is 23.4 Å². The Bertz CT molecular complexity index is 1310. The highest BCUT2D eigenvalue weighted by atomic mass is 32.2. The fraction of sp³-hybridized carbons (Fsp3) is 0.348. The summed E-state index contributed by atoms with van der Waals surface area (Å²) in [6.45, 7) is 4.03. The third-order valence-electron chi connectivity index (χ3n) is 6.03. The van der Waals surface area contributed by atoms with Crippen LogP contribution in [0.4, 0.5) is 5.69 Å². The quantitative estimate of drug-likeness (QED) is 0.596. The van der Waals surface area contributed by atoms with E-state index in [2.05, 4.69) is 15.7 Å². The molecule has 0 unspecified atom stereocenters. The van der Waals surface area contributed by atoms with Crippen LogP contribution in [0, 0.1) is 6.92 Å². The minimum atomic E-state index is -3.61. The first-order valence-electron chi connectivity index (χ1n) is 10.8. The van der Waals surface area contributed by atoms with Gasteiger partial charge in [0.25, 0.3) is 5.91 Å². The van der Waals surface area contributed by atoms with Crippen molar-refractivity contribution in [2.24, 2.45) is 0 Å². The Hall–Kier alpha value is -3.24. The van der Waals surface area contributed by atoms with Crippen LogP contribution >= 0.6 is 0 Å². The molecule has 1 fully saturated rings. The summed E-state index contributed by atoms with van der Waals surface area (Å²) in [5, 5.41) is 9.71. The first-order chi connectivity index (χ1) is 15.7. The lowest BCUT2D eigenvalue weighted by Crippen LogP contribution is -2.37. The molecule has 2 aromatic heterocycles. The summed E-state index contributed by atoms with van der Waals surface area (Å²) in [5.41, 5.74) is 3.60. The first-order valence-corrected chi connectivity index (χ1v) is 12.2. The normalized spacial score (nSPS) is 15.5. The number of fused-ring (bicyclic) bond motifs is 1. The van der Waals surface area contributed by atoms with Crippen LogP contribution in [0.2, 0.25) is 0 Å². The van der Waals surface area contributed by atoms with E-state index in [1.54, 1.807) is 23.7 Å². The van der Waals surface area contributed by atoms with Gasteiger partial charge in [0.2, 0.25) is 15.9 Å². The molecule has 0 aliphatic carbocycles. The monoisotopic (exact) mass is 469 g/mol. The molecule has 2 N–H and O–H groups in total. The maximum atomic E-state index is 13.1. The van der Waals surface area contributed by atoms with Crippen molar-refractivity contribution >= 4 is 33.0 Å². The summed E-state index contributed by atoms with van der Waals surface area (Å²) in [6, 6.07) is 10.2. The number of carbonyl (C=O) groups is 2. The van der Waals surface area contributed by atoms with Crippen LogP contribution in [0.3, 0.4) is 0 Å². The number of piperidine rings is 1. The number of nitrogens with zero attached hydrogens (tertiary/aromatic N) is 3. The van der Waals surface area contributed by atoms with Crippen molar-refractivity contribution in [2.45, 2.75) is 37.5 Å². The second kappa shape index (κ2) is 8.95. The molecule has 4 rings (SSSR count). The van der Waals surface area contributed by atoms with Gasteiger partial charge in [0.1, 0.15) is 0 Å². The van der Waals surface area contributed by atoms with E-state index in [0.717, 1.165) is 11.1 Å². The first kappa shape index (κ1) is 22.9. The molecule has 2 amide bonds. The van der Waals surface area contributed by atoms with Gasteiger partial charge in [0, 0.05) is 38.9 Å². The second-order valence-corrected chi connectivity index (χ2v) is 10.2. The minimum Gasteiger partial charge on any atom is -0.355 e. The molecule has 0 atom stereocenters. The Morgan fingerprint density at radius 3 is 2.36 bits per heavy atom. The van der Waals surface area contributed by atoms with Crippen LogP contribution < -0.4 is 10.6 Å². The number of anilines is 1. The van der Waals surface area contributed by atoms with Crippen LogP contribution in [-0.4, -0.2) is 54.3 Å². The van der Waals surface area contributed by atoms with Crippen LogP contribution in [0.5, 0.6) is 0 Å². The third-order valence-corrected chi connectivity index (χ3v) is 7.94. The summed E-state index contributed by atoms with van der Waals surface area (Å²) in [4.78, 5) is 23.7. The number of sulfonamides is 1. The second-order valence-electron chi connectivity index (χ2n) is 8.21. The average Bonchev–Trinajstić information content (AvgIpc) is 3.13. The summed E-state index contributed by atoms with van der Waals surface area (Å²) in [7, 11) is -2.02.